The van der Waals surface area contributed by atoms with Gasteiger partial charge in [0.05, 0.1) is 0 Å². The summed E-state index contributed by atoms with van der Waals surface area (Å²) in [7, 11) is 0. The fourth-order valence-electron chi connectivity index (χ4n) is 5.73. The van der Waals surface area contributed by atoms with Gasteiger partial charge in [-0.3, -0.25) is 0 Å². The summed E-state index contributed by atoms with van der Waals surface area (Å²) in [6.07, 6.45) is 45.9. The Balaban J connectivity index is -0.00000760. The Labute approximate surface area is 294 Å². The minimum Gasteiger partial charge on any atom is -1.00 e. The third-order valence-corrected chi connectivity index (χ3v) is 9.93. The van der Waals surface area contributed by atoms with Gasteiger partial charge in [-0.25, -0.2) is 0 Å². The van der Waals surface area contributed by atoms with E-state index in [9.17, 15) is 0 Å². The first-order chi connectivity index (χ1) is 19.8. The van der Waals surface area contributed by atoms with Gasteiger partial charge < -0.3 is 6.74 Å². The first-order valence-corrected chi connectivity index (χ1v) is 20.1. The molecule has 0 radical (unpaired) electrons. The van der Waals surface area contributed by atoms with E-state index in [1.165, 1.54) is 211 Å². The van der Waals surface area contributed by atoms with Crippen molar-refractivity contribution in [2.75, 3.05) is 12.3 Å². The van der Waals surface area contributed by atoms with Gasteiger partial charge >= 0.3 is 29.6 Å². The molecule has 0 aromatic carbocycles. The van der Waals surface area contributed by atoms with Crippen molar-refractivity contribution in [3.63, 3.8) is 0 Å². The maximum absolute atomic E-state index is 5.53. The molecule has 1 nitrogen and oxygen atoms in total. The Morgan fingerprint density at radius 1 is 0.415 bits per heavy atom. The number of thioether (sulfide) groups is 1. The van der Waals surface area contributed by atoms with E-state index >= 15 is 0 Å². The summed E-state index contributed by atoms with van der Waals surface area (Å²) in [6, 6.07) is 0. The number of nitrogens with one attached hydrogen (secondary N) is 1. The maximum atomic E-state index is 5.53. The molecule has 0 aliphatic rings. The molecule has 0 aromatic heterocycles. The Hall–Kier alpha value is 1.24. The van der Waals surface area contributed by atoms with Crippen molar-refractivity contribution in [1.29, 1.82) is 0 Å². The summed E-state index contributed by atoms with van der Waals surface area (Å²) in [6.45, 7) is 5.68. The largest absolute Gasteiger partial charge is 1.00 e. The first kappa shape index (κ1) is 44.4. The first-order valence-electron chi connectivity index (χ1n) is 18.7. The molecule has 0 amide bonds. The summed E-state index contributed by atoms with van der Waals surface area (Å²) in [5.41, 5.74) is 0. The van der Waals surface area contributed by atoms with Gasteiger partial charge in [0, 0.05) is 12.3 Å². The molecule has 0 saturated heterocycles. The van der Waals surface area contributed by atoms with Crippen LogP contribution in [0.2, 0.25) is 0 Å². The molecule has 4 heteroatoms. The minimum atomic E-state index is 0. The minimum absolute atomic E-state index is 0. The quantitative estimate of drug-likeness (QED) is 0.0436. The van der Waals surface area contributed by atoms with Crippen molar-refractivity contribution < 1.29 is 31.0 Å². The fraction of sp³-hybridized carbons (Fsp3) is 0.973. The SMILES string of the molecule is CCCCCCCCCCCCCCCCCCNC(=S)SCCCCCCCCCCCCCCCCCC.[H-].[Na+]. The molecule has 0 bridgehead atoms. The molecule has 0 aliphatic heterocycles. The Kier molecular flexibility index (Phi) is 44.6. The number of rotatable bonds is 34. The molecule has 0 saturated carbocycles. The van der Waals surface area contributed by atoms with Crippen LogP contribution >= 0.6 is 24.0 Å². The average Bonchev–Trinajstić information content (AvgIpc) is 2.96. The summed E-state index contributed by atoms with van der Waals surface area (Å²) < 4.78 is 1.03. The second-order valence-corrected chi connectivity index (χ2v) is 14.4. The molecular weight excluding hydrogens is 546 g/mol. The number of hydrogen-bond donors (Lipinski definition) is 1. The van der Waals surface area contributed by atoms with Gasteiger partial charge in [-0.15, -0.1) is 0 Å². The van der Waals surface area contributed by atoms with Gasteiger partial charge in [0.15, 0.2) is 0 Å². The van der Waals surface area contributed by atoms with Crippen LogP contribution in [-0.4, -0.2) is 16.6 Å². The van der Waals surface area contributed by atoms with E-state index < -0.39 is 0 Å². The predicted octanol–water partition coefficient (Wildman–Crippen LogP) is 11.2. The second-order valence-electron chi connectivity index (χ2n) is 12.7. The molecule has 0 rings (SSSR count). The van der Waals surface area contributed by atoms with Crippen molar-refractivity contribution >= 4 is 28.3 Å². The van der Waals surface area contributed by atoms with E-state index in [4.69, 9.17) is 12.2 Å². The third kappa shape index (κ3) is 41.2. The van der Waals surface area contributed by atoms with E-state index in [1.54, 1.807) is 0 Å². The van der Waals surface area contributed by atoms with Crippen molar-refractivity contribution in [1.82, 2.24) is 5.32 Å². The second kappa shape index (κ2) is 41.2. The van der Waals surface area contributed by atoms with Gasteiger partial charge in [0.2, 0.25) is 0 Å². The molecule has 0 spiro atoms. The molecular formula is C37H76NNaS2. The maximum Gasteiger partial charge on any atom is 1.00 e. The van der Waals surface area contributed by atoms with Crippen LogP contribution in [0.1, 0.15) is 221 Å². The number of unbranched alkanes of at least 4 members (excludes halogenated alkanes) is 30. The monoisotopic (exact) mass is 622 g/mol. The van der Waals surface area contributed by atoms with Crippen LogP contribution < -0.4 is 34.9 Å². The number of hydrogen-bond acceptors (Lipinski definition) is 2. The van der Waals surface area contributed by atoms with Gasteiger partial charge in [-0.2, -0.15) is 0 Å². The number of thiocarbonyl (C=S) groups is 1. The van der Waals surface area contributed by atoms with E-state index in [0.29, 0.717) is 0 Å². The molecule has 0 aromatic rings. The normalized spacial score (nSPS) is 11.1. The van der Waals surface area contributed by atoms with Crippen molar-refractivity contribution in [2.45, 2.75) is 219 Å². The molecule has 0 fully saturated rings. The molecule has 0 heterocycles. The summed E-state index contributed by atoms with van der Waals surface area (Å²) >= 11 is 7.40. The predicted molar refractivity (Wildman–Crippen MR) is 193 cm³/mol. The zero-order valence-corrected chi connectivity index (χ0v) is 32.5. The van der Waals surface area contributed by atoms with E-state index in [1.807, 2.05) is 11.8 Å². The van der Waals surface area contributed by atoms with E-state index in [0.717, 1.165) is 10.9 Å². The standard InChI is InChI=1S/C37H75NS2.Na.H/c1-3-5-7-9-11-13-15-17-19-21-23-25-27-29-31-33-35-38-37(39)40-36-34-32-30-28-26-24-22-20-18-16-14-12-10-8-6-4-2;;/h3-36H2,1-2H3,(H,38,39);;/q;+1;-1. The average molecular weight is 622 g/mol. The summed E-state index contributed by atoms with van der Waals surface area (Å²) in [5.74, 6) is 1.20. The third-order valence-electron chi connectivity index (χ3n) is 8.53. The fourth-order valence-corrected chi connectivity index (χ4v) is 6.82. The van der Waals surface area contributed by atoms with Crippen molar-refractivity contribution in [3.05, 3.63) is 0 Å². The van der Waals surface area contributed by atoms with Crippen LogP contribution in [0.15, 0.2) is 0 Å². The van der Waals surface area contributed by atoms with Crippen LogP contribution in [0, 0.1) is 0 Å². The van der Waals surface area contributed by atoms with Crippen LogP contribution in [-0.2, 0) is 0 Å². The smallest absolute Gasteiger partial charge is 1.00 e. The zero-order chi connectivity index (χ0) is 29.0. The van der Waals surface area contributed by atoms with Gasteiger partial charge in [0.25, 0.3) is 0 Å². The van der Waals surface area contributed by atoms with Crippen LogP contribution in [0.25, 0.3) is 0 Å². The van der Waals surface area contributed by atoms with Crippen molar-refractivity contribution in [2.24, 2.45) is 0 Å². The Bertz CT molecular complexity index is 441. The van der Waals surface area contributed by atoms with E-state index in [2.05, 4.69) is 19.2 Å². The molecule has 242 valence electrons. The van der Waals surface area contributed by atoms with Gasteiger partial charge in [0.1, 0.15) is 4.32 Å². The van der Waals surface area contributed by atoms with Crippen LogP contribution in [0.4, 0.5) is 0 Å². The summed E-state index contributed by atoms with van der Waals surface area (Å²) in [5, 5.41) is 3.48. The summed E-state index contributed by atoms with van der Waals surface area (Å²) in [4.78, 5) is 0. The topological polar surface area (TPSA) is 12.0 Å². The molecule has 0 atom stereocenters. The van der Waals surface area contributed by atoms with Gasteiger partial charge in [-0.1, -0.05) is 230 Å². The Morgan fingerprint density at radius 2 is 0.659 bits per heavy atom. The zero-order valence-electron chi connectivity index (χ0n) is 29.9. The van der Waals surface area contributed by atoms with Crippen LogP contribution in [0.3, 0.4) is 0 Å². The molecule has 0 aliphatic carbocycles. The Morgan fingerprint density at radius 3 is 0.951 bits per heavy atom. The molecule has 41 heavy (non-hydrogen) atoms. The van der Waals surface area contributed by atoms with Gasteiger partial charge in [-0.05, 0) is 12.8 Å². The van der Waals surface area contributed by atoms with Crippen molar-refractivity contribution in [3.8, 4) is 0 Å². The molecule has 1 N–H and O–H groups in total. The van der Waals surface area contributed by atoms with Crippen LogP contribution in [0.5, 0.6) is 0 Å². The molecule has 0 unspecified atom stereocenters. The van der Waals surface area contributed by atoms with E-state index in [-0.39, 0.29) is 31.0 Å².